The van der Waals surface area contributed by atoms with Gasteiger partial charge < -0.3 is 5.32 Å². The Balaban J connectivity index is 2.11. The summed E-state index contributed by atoms with van der Waals surface area (Å²) in [5.41, 5.74) is 3.52. The molecule has 1 saturated carbocycles. The van der Waals surface area contributed by atoms with Gasteiger partial charge in [-0.1, -0.05) is 50.5 Å². The molecule has 1 aliphatic rings. The van der Waals surface area contributed by atoms with E-state index in [0.29, 0.717) is 5.41 Å². The first-order valence-electron chi connectivity index (χ1n) is 7.51. The van der Waals surface area contributed by atoms with E-state index in [2.05, 4.69) is 43.4 Å². The third-order valence-electron chi connectivity index (χ3n) is 4.49. The zero-order valence-electron chi connectivity index (χ0n) is 12.0. The number of nitrogens with one attached hydrogen (secondary N) is 1. The van der Waals surface area contributed by atoms with E-state index in [4.69, 9.17) is 0 Å². The summed E-state index contributed by atoms with van der Waals surface area (Å²) < 4.78 is 0. The van der Waals surface area contributed by atoms with Gasteiger partial charge in [0, 0.05) is 6.54 Å². The van der Waals surface area contributed by atoms with Crippen molar-refractivity contribution in [3.8, 4) is 0 Å². The highest BCUT2D eigenvalue weighted by Gasteiger charge is 2.31. The maximum absolute atomic E-state index is 3.60. The highest BCUT2D eigenvalue weighted by molar-refractivity contribution is 5.27. The van der Waals surface area contributed by atoms with Gasteiger partial charge in [-0.05, 0) is 49.3 Å². The predicted molar refractivity (Wildman–Crippen MR) is 78.9 cm³/mol. The molecule has 1 heteroatoms. The Morgan fingerprint density at radius 1 is 1.11 bits per heavy atom. The summed E-state index contributed by atoms with van der Waals surface area (Å²) in [5, 5.41) is 3.60. The Morgan fingerprint density at radius 2 is 1.83 bits per heavy atom. The van der Waals surface area contributed by atoms with Crippen molar-refractivity contribution in [2.45, 2.75) is 52.4 Å². The Bertz CT molecular complexity index is 364. The molecule has 0 atom stereocenters. The monoisotopic (exact) mass is 245 g/mol. The van der Waals surface area contributed by atoms with Crippen molar-refractivity contribution in [3.05, 3.63) is 35.4 Å². The molecule has 0 amide bonds. The van der Waals surface area contributed by atoms with E-state index < -0.39 is 0 Å². The van der Waals surface area contributed by atoms with Crippen LogP contribution in [0.1, 0.15) is 50.2 Å². The molecule has 1 fully saturated rings. The van der Waals surface area contributed by atoms with Gasteiger partial charge in [0.1, 0.15) is 0 Å². The molecule has 1 N–H and O–H groups in total. The Morgan fingerprint density at radius 3 is 2.50 bits per heavy atom. The van der Waals surface area contributed by atoms with Crippen LogP contribution in [0.15, 0.2) is 24.3 Å². The standard InChI is InChI=1S/C17H27N/c1-3-18-14-17(11-7-4-8-12-17)13-16-10-6-5-9-15(16)2/h5-6,9-10,18H,3-4,7-8,11-14H2,1-2H3. The molecule has 1 aromatic rings. The van der Waals surface area contributed by atoms with Crippen LogP contribution in [0.2, 0.25) is 0 Å². The van der Waals surface area contributed by atoms with E-state index in [1.165, 1.54) is 50.6 Å². The summed E-state index contributed by atoms with van der Waals surface area (Å²) in [6, 6.07) is 8.90. The average Bonchev–Trinajstić information content (AvgIpc) is 2.40. The highest BCUT2D eigenvalue weighted by atomic mass is 14.9. The normalized spacial score (nSPS) is 18.8. The fraction of sp³-hybridized carbons (Fsp3) is 0.647. The van der Waals surface area contributed by atoms with Crippen molar-refractivity contribution >= 4 is 0 Å². The Kier molecular flexibility index (Phi) is 4.82. The molecule has 2 rings (SSSR count). The molecule has 18 heavy (non-hydrogen) atoms. The van der Waals surface area contributed by atoms with Crippen molar-refractivity contribution < 1.29 is 0 Å². The molecule has 1 aromatic carbocycles. The lowest BCUT2D eigenvalue weighted by Gasteiger charge is -2.38. The lowest BCUT2D eigenvalue weighted by Crippen LogP contribution is -2.38. The van der Waals surface area contributed by atoms with Gasteiger partial charge in [-0.2, -0.15) is 0 Å². The fourth-order valence-electron chi connectivity index (χ4n) is 3.32. The lowest BCUT2D eigenvalue weighted by atomic mass is 9.70. The number of hydrogen-bond donors (Lipinski definition) is 1. The average molecular weight is 245 g/mol. The second-order valence-corrected chi connectivity index (χ2v) is 5.94. The van der Waals surface area contributed by atoms with Crippen LogP contribution < -0.4 is 5.32 Å². The zero-order chi connectivity index (χ0) is 12.8. The maximum Gasteiger partial charge on any atom is 0.00109 e. The third kappa shape index (κ3) is 3.35. The first kappa shape index (κ1) is 13.6. The number of hydrogen-bond acceptors (Lipinski definition) is 1. The molecule has 100 valence electrons. The van der Waals surface area contributed by atoms with E-state index in [1.54, 1.807) is 5.56 Å². The molecule has 0 aliphatic heterocycles. The van der Waals surface area contributed by atoms with Gasteiger partial charge in [-0.25, -0.2) is 0 Å². The second-order valence-electron chi connectivity index (χ2n) is 5.94. The van der Waals surface area contributed by atoms with Crippen molar-refractivity contribution in [1.82, 2.24) is 5.32 Å². The minimum atomic E-state index is 0.514. The molecule has 0 unspecified atom stereocenters. The van der Waals surface area contributed by atoms with Crippen LogP contribution in [-0.4, -0.2) is 13.1 Å². The van der Waals surface area contributed by atoms with E-state index in [-0.39, 0.29) is 0 Å². The van der Waals surface area contributed by atoms with Crippen molar-refractivity contribution in [2.24, 2.45) is 5.41 Å². The Labute approximate surface area is 112 Å². The molecule has 0 radical (unpaired) electrons. The zero-order valence-corrected chi connectivity index (χ0v) is 12.0. The third-order valence-corrected chi connectivity index (χ3v) is 4.49. The summed E-state index contributed by atoms with van der Waals surface area (Å²) in [7, 11) is 0. The summed E-state index contributed by atoms with van der Waals surface area (Å²) in [6.45, 7) is 6.75. The number of benzene rings is 1. The van der Waals surface area contributed by atoms with E-state index in [0.717, 1.165) is 6.54 Å². The Hall–Kier alpha value is -0.820. The molecular weight excluding hydrogens is 218 g/mol. The van der Waals surface area contributed by atoms with Gasteiger partial charge in [0.05, 0.1) is 0 Å². The molecule has 0 spiro atoms. The van der Waals surface area contributed by atoms with Gasteiger partial charge in [-0.3, -0.25) is 0 Å². The van der Waals surface area contributed by atoms with Crippen LogP contribution in [0.25, 0.3) is 0 Å². The van der Waals surface area contributed by atoms with Gasteiger partial charge in [0.25, 0.3) is 0 Å². The highest BCUT2D eigenvalue weighted by Crippen LogP contribution is 2.39. The van der Waals surface area contributed by atoms with Crippen molar-refractivity contribution in [3.63, 3.8) is 0 Å². The quantitative estimate of drug-likeness (QED) is 0.823. The van der Waals surface area contributed by atoms with E-state index in [1.807, 2.05) is 0 Å². The van der Waals surface area contributed by atoms with Crippen LogP contribution in [0.5, 0.6) is 0 Å². The predicted octanol–water partition coefficient (Wildman–Crippen LogP) is 4.10. The smallest absolute Gasteiger partial charge is 0.00109 e. The van der Waals surface area contributed by atoms with Crippen LogP contribution in [-0.2, 0) is 6.42 Å². The SMILES string of the molecule is CCNCC1(Cc2ccccc2C)CCCCC1. The number of aryl methyl sites for hydroxylation is 1. The summed E-state index contributed by atoms with van der Waals surface area (Å²) in [5.74, 6) is 0. The van der Waals surface area contributed by atoms with Gasteiger partial charge >= 0.3 is 0 Å². The van der Waals surface area contributed by atoms with Crippen LogP contribution in [0.3, 0.4) is 0 Å². The van der Waals surface area contributed by atoms with Gasteiger partial charge in [-0.15, -0.1) is 0 Å². The molecule has 0 saturated heterocycles. The topological polar surface area (TPSA) is 12.0 Å². The summed E-state index contributed by atoms with van der Waals surface area (Å²) >= 11 is 0. The molecule has 1 nitrogen and oxygen atoms in total. The molecule has 0 aromatic heterocycles. The maximum atomic E-state index is 3.60. The van der Waals surface area contributed by atoms with E-state index >= 15 is 0 Å². The van der Waals surface area contributed by atoms with Gasteiger partial charge in [0.2, 0.25) is 0 Å². The van der Waals surface area contributed by atoms with Crippen LogP contribution >= 0.6 is 0 Å². The fourth-order valence-corrected chi connectivity index (χ4v) is 3.32. The minimum absolute atomic E-state index is 0.514. The lowest BCUT2D eigenvalue weighted by molar-refractivity contribution is 0.182. The second kappa shape index (κ2) is 6.38. The summed E-state index contributed by atoms with van der Waals surface area (Å²) in [4.78, 5) is 0. The van der Waals surface area contributed by atoms with Gasteiger partial charge in [0.15, 0.2) is 0 Å². The summed E-state index contributed by atoms with van der Waals surface area (Å²) in [6.07, 6.45) is 8.31. The largest absolute Gasteiger partial charge is 0.316 e. The molecule has 1 aliphatic carbocycles. The van der Waals surface area contributed by atoms with Crippen molar-refractivity contribution in [1.29, 1.82) is 0 Å². The molecule has 0 bridgehead atoms. The minimum Gasteiger partial charge on any atom is -0.316 e. The molecule has 0 heterocycles. The first-order chi connectivity index (χ1) is 8.76. The van der Waals surface area contributed by atoms with Crippen molar-refractivity contribution in [2.75, 3.05) is 13.1 Å². The first-order valence-corrected chi connectivity index (χ1v) is 7.51. The van der Waals surface area contributed by atoms with E-state index in [9.17, 15) is 0 Å². The van der Waals surface area contributed by atoms with Crippen LogP contribution in [0.4, 0.5) is 0 Å². The van der Waals surface area contributed by atoms with Crippen LogP contribution in [0, 0.1) is 12.3 Å². The molecular formula is C17H27N. The number of rotatable bonds is 5.